The first kappa shape index (κ1) is 18.4. The largest absolute Gasteiger partial charge is 0.347 e. The summed E-state index contributed by atoms with van der Waals surface area (Å²) in [5.74, 6) is -0.944. The molecule has 0 aliphatic rings. The third-order valence-corrected chi connectivity index (χ3v) is 3.22. The molecule has 0 saturated heterocycles. The third-order valence-electron chi connectivity index (χ3n) is 3.22. The lowest BCUT2D eigenvalue weighted by molar-refractivity contribution is -0.111. The van der Waals surface area contributed by atoms with E-state index in [-0.39, 0.29) is 23.2 Å². The number of nitrogens with one attached hydrogen (secondary N) is 2. The van der Waals surface area contributed by atoms with Crippen molar-refractivity contribution in [2.24, 2.45) is 0 Å². The summed E-state index contributed by atoms with van der Waals surface area (Å²) in [6.45, 7) is 5.71. The second-order valence-electron chi connectivity index (χ2n) is 6.63. The van der Waals surface area contributed by atoms with Crippen molar-refractivity contribution < 1.29 is 14.0 Å². The minimum Gasteiger partial charge on any atom is -0.347 e. The highest BCUT2D eigenvalue weighted by Gasteiger charge is 2.15. The van der Waals surface area contributed by atoms with Crippen molar-refractivity contribution in [3.8, 4) is 0 Å². The molecule has 0 aliphatic heterocycles. The van der Waals surface area contributed by atoms with E-state index in [1.165, 1.54) is 18.2 Å². The number of halogens is 1. The maximum absolute atomic E-state index is 13.5. The van der Waals surface area contributed by atoms with E-state index in [0.717, 1.165) is 0 Å². The number of benzene rings is 2. The Hall–Kier alpha value is -2.95. The molecule has 0 saturated carbocycles. The fourth-order valence-corrected chi connectivity index (χ4v) is 2.08. The van der Waals surface area contributed by atoms with Crippen LogP contribution in [0.15, 0.2) is 54.6 Å². The molecular formula is C20H21FN2O2. The van der Waals surface area contributed by atoms with E-state index in [1.807, 2.05) is 20.8 Å². The Kier molecular flexibility index (Phi) is 5.70. The lowest BCUT2D eigenvalue weighted by Crippen LogP contribution is -2.40. The molecule has 2 amide bonds. The highest BCUT2D eigenvalue weighted by atomic mass is 19.1. The molecule has 2 N–H and O–H groups in total. The van der Waals surface area contributed by atoms with Gasteiger partial charge in [-0.05, 0) is 57.2 Å². The molecule has 0 unspecified atom stereocenters. The molecule has 2 aromatic carbocycles. The van der Waals surface area contributed by atoms with Crippen LogP contribution in [0.1, 0.15) is 36.7 Å². The first-order valence-electron chi connectivity index (χ1n) is 7.91. The lowest BCUT2D eigenvalue weighted by atomic mass is 10.1. The summed E-state index contributed by atoms with van der Waals surface area (Å²) in [4.78, 5) is 23.9. The predicted octanol–water partition coefficient (Wildman–Crippen LogP) is 4.01. The van der Waals surface area contributed by atoms with Crippen LogP contribution in [0.3, 0.4) is 0 Å². The molecule has 0 heterocycles. The average molecular weight is 340 g/mol. The van der Waals surface area contributed by atoms with Gasteiger partial charge in [0.2, 0.25) is 5.91 Å². The van der Waals surface area contributed by atoms with Crippen LogP contribution in [-0.4, -0.2) is 17.4 Å². The van der Waals surface area contributed by atoms with E-state index < -0.39 is 0 Å². The van der Waals surface area contributed by atoms with Gasteiger partial charge in [0.25, 0.3) is 5.91 Å². The molecule has 25 heavy (non-hydrogen) atoms. The van der Waals surface area contributed by atoms with Crippen molar-refractivity contribution in [3.05, 3.63) is 71.6 Å². The van der Waals surface area contributed by atoms with Gasteiger partial charge in [0.15, 0.2) is 0 Å². The van der Waals surface area contributed by atoms with E-state index in [1.54, 1.807) is 42.5 Å². The minimum atomic E-state index is -0.388. The molecule has 2 aromatic rings. The first-order valence-corrected chi connectivity index (χ1v) is 7.91. The number of anilines is 1. The van der Waals surface area contributed by atoms with E-state index in [0.29, 0.717) is 16.8 Å². The van der Waals surface area contributed by atoms with Gasteiger partial charge in [0.05, 0.1) is 0 Å². The zero-order valence-corrected chi connectivity index (χ0v) is 14.5. The standard InChI is InChI=1S/C20H21FN2O2/c1-20(2,3)23-19(25)15-8-11-16(12-9-15)22-18(24)13-10-14-6-4-5-7-17(14)21/h4-13H,1-3H3,(H,22,24)(H,23,25)/b13-10+. The molecule has 0 fully saturated rings. The summed E-state index contributed by atoms with van der Waals surface area (Å²) in [7, 11) is 0. The minimum absolute atomic E-state index is 0.176. The summed E-state index contributed by atoms with van der Waals surface area (Å²) >= 11 is 0. The first-order chi connectivity index (χ1) is 11.7. The smallest absolute Gasteiger partial charge is 0.251 e. The maximum atomic E-state index is 13.5. The van der Waals surface area contributed by atoms with Gasteiger partial charge in [-0.15, -0.1) is 0 Å². The van der Waals surface area contributed by atoms with Crippen molar-refractivity contribution in [1.82, 2.24) is 5.32 Å². The van der Waals surface area contributed by atoms with E-state index in [2.05, 4.69) is 10.6 Å². The molecule has 0 bridgehead atoms. The Bertz CT molecular complexity index is 790. The van der Waals surface area contributed by atoms with E-state index in [4.69, 9.17) is 0 Å². The summed E-state index contributed by atoms with van der Waals surface area (Å²) < 4.78 is 13.5. The van der Waals surface area contributed by atoms with E-state index >= 15 is 0 Å². The second-order valence-corrected chi connectivity index (χ2v) is 6.63. The lowest BCUT2D eigenvalue weighted by Gasteiger charge is -2.20. The number of carbonyl (C=O) groups excluding carboxylic acids is 2. The number of hydrogen-bond donors (Lipinski definition) is 2. The predicted molar refractivity (Wildman–Crippen MR) is 97.7 cm³/mol. The fraction of sp³-hybridized carbons (Fsp3) is 0.200. The Morgan fingerprint density at radius 2 is 1.64 bits per heavy atom. The van der Waals surface area contributed by atoms with Crippen molar-refractivity contribution in [3.63, 3.8) is 0 Å². The van der Waals surface area contributed by atoms with Gasteiger partial charge < -0.3 is 10.6 Å². The molecule has 0 spiro atoms. The second kappa shape index (κ2) is 7.75. The molecule has 5 heteroatoms. The Labute approximate surface area is 146 Å². The van der Waals surface area contributed by atoms with Crippen molar-refractivity contribution in [2.75, 3.05) is 5.32 Å². The van der Waals surface area contributed by atoms with Crippen LogP contribution >= 0.6 is 0 Å². The molecule has 0 aromatic heterocycles. The van der Waals surface area contributed by atoms with Gasteiger partial charge >= 0.3 is 0 Å². The normalized spacial score (nSPS) is 11.4. The zero-order chi connectivity index (χ0) is 18.4. The zero-order valence-electron chi connectivity index (χ0n) is 14.5. The van der Waals surface area contributed by atoms with Gasteiger partial charge in [-0.2, -0.15) is 0 Å². The maximum Gasteiger partial charge on any atom is 0.251 e. The Morgan fingerprint density at radius 3 is 2.24 bits per heavy atom. The number of carbonyl (C=O) groups is 2. The molecular weight excluding hydrogens is 319 g/mol. The van der Waals surface area contributed by atoms with Crippen molar-refractivity contribution in [2.45, 2.75) is 26.3 Å². The number of amides is 2. The topological polar surface area (TPSA) is 58.2 Å². The van der Waals surface area contributed by atoms with Gasteiger partial charge in [-0.3, -0.25) is 9.59 Å². The SMILES string of the molecule is CC(C)(C)NC(=O)c1ccc(NC(=O)/C=C/c2ccccc2F)cc1. The van der Waals surface area contributed by atoms with Crippen LogP contribution in [-0.2, 0) is 4.79 Å². The number of rotatable bonds is 4. The molecule has 0 radical (unpaired) electrons. The fourth-order valence-electron chi connectivity index (χ4n) is 2.08. The van der Waals surface area contributed by atoms with Gasteiger partial charge in [0, 0.05) is 28.4 Å². The van der Waals surface area contributed by atoms with Crippen LogP contribution in [0.5, 0.6) is 0 Å². The quantitative estimate of drug-likeness (QED) is 0.826. The number of hydrogen-bond acceptors (Lipinski definition) is 2. The highest BCUT2D eigenvalue weighted by Crippen LogP contribution is 2.12. The molecule has 0 aliphatic carbocycles. The highest BCUT2D eigenvalue weighted by molar-refractivity contribution is 6.02. The molecule has 130 valence electrons. The van der Waals surface area contributed by atoms with Crippen LogP contribution in [0.4, 0.5) is 10.1 Å². The Balaban J connectivity index is 1.98. The van der Waals surface area contributed by atoms with Gasteiger partial charge in [-0.1, -0.05) is 18.2 Å². The monoisotopic (exact) mass is 340 g/mol. The van der Waals surface area contributed by atoms with E-state index in [9.17, 15) is 14.0 Å². The third kappa shape index (κ3) is 5.88. The molecule has 2 rings (SSSR count). The summed E-state index contributed by atoms with van der Waals surface area (Å²) in [5.41, 5.74) is 1.08. The van der Waals surface area contributed by atoms with Crippen LogP contribution in [0.25, 0.3) is 6.08 Å². The molecule has 0 atom stereocenters. The van der Waals surface area contributed by atoms with Gasteiger partial charge in [-0.25, -0.2) is 4.39 Å². The van der Waals surface area contributed by atoms with Crippen LogP contribution in [0, 0.1) is 5.82 Å². The average Bonchev–Trinajstić information content (AvgIpc) is 2.53. The van der Waals surface area contributed by atoms with Crippen molar-refractivity contribution in [1.29, 1.82) is 0 Å². The summed E-state index contributed by atoms with van der Waals surface area (Å²) in [6.07, 6.45) is 2.68. The van der Waals surface area contributed by atoms with Gasteiger partial charge in [0.1, 0.15) is 5.82 Å². The Morgan fingerprint density at radius 1 is 1.00 bits per heavy atom. The summed E-state index contributed by atoms with van der Waals surface area (Å²) in [5, 5.41) is 5.53. The van der Waals surface area contributed by atoms with Crippen LogP contribution in [0.2, 0.25) is 0 Å². The van der Waals surface area contributed by atoms with Crippen LogP contribution < -0.4 is 10.6 Å². The molecule has 4 nitrogen and oxygen atoms in total. The summed E-state index contributed by atoms with van der Waals surface area (Å²) in [6, 6.07) is 12.8. The van der Waals surface area contributed by atoms with Crippen molar-refractivity contribution >= 4 is 23.6 Å².